The highest BCUT2D eigenvalue weighted by atomic mass is 16.6. The first-order valence-electron chi connectivity index (χ1n) is 4.81. The van der Waals surface area contributed by atoms with Crippen LogP contribution in [0.5, 0.6) is 0 Å². The predicted molar refractivity (Wildman–Crippen MR) is 64.4 cm³/mol. The van der Waals surface area contributed by atoms with Crippen LogP contribution in [-0.4, -0.2) is 17.0 Å². The van der Waals surface area contributed by atoms with E-state index in [9.17, 15) is 14.9 Å². The van der Waals surface area contributed by atoms with E-state index in [0.29, 0.717) is 5.56 Å². The van der Waals surface area contributed by atoms with E-state index in [1.54, 1.807) is 24.3 Å². The van der Waals surface area contributed by atoms with Gasteiger partial charge in [0.25, 0.3) is 5.69 Å². The van der Waals surface area contributed by atoms with Gasteiger partial charge >= 0.3 is 0 Å². The average Bonchev–Trinajstić information content (AvgIpc) is 2.28. The van der Waals surface area contributed by atoms with Gasteiger partial charge in [-0.1, -0.05) is 12.1 Å². The second-order valence-corrected chi connectivity index (χ2v) is 3.12. The van der Waals surface area contributed by atoms with Gasteiger partial charge in [0.1, 0.15) is 0 Å². The summed E-state index contributed by atoms with van der Waals surface area (Å²) in [5.41, 5.74) is 2.72. The Labute approximate surface area is 97.8 Å². The number of hydrogen-bond acceptors (Lipinski definition) is 4. The lowest BCUT2D eigenvalue weighted by molar-refractivity contribution is -0.385. The second kappa shape index (κ2) is 6.16. The van der Waals surface area contributed by atoms with Crippen LogP contribution in [-0.2, 0) is 4.79 Å². The van der Waals surface area contributed by atoms with Crippen molar-refractivity contribution in [3.8, 4) is 0 Å². The van der Waals surface area contributed by atoms with Crippen molar-refractivity contribution < 1.29 is 9.72 Å². The molecule has 0 spiro atoms. The smallest absolute Gasteiger partial charge is 0.274 e. The lowest BCUT2D eigenvalue weighted by Crippen LogP contribution is -2.11. The molecule has 0 bridgehead atoms. The monoisotopic (exact) mass is 233 g/mol. The largest absolute Gasteiger partial charge is 0.276 e. The quantitative estimate of drug-likeness (QED) is 0.488. The van der Waals surface area contributed by atoms with Crippen LogP contribution in [0, 0.1) is 10.1 Å². The Hall–Kier alpha value is -2.50. The zero-order valence-electron chi connectivity index (χ0n) is 9.16. The van der Waals surface area contributed by atoms with E-state index < -0.39 is 4.92 Å². The van der Waals surface area contributed by atoms with Crippen molar-refractivity contribution in [3.05, 3.63) is 46.0 Å². The van der Waals surface area contributed by atoms with Gasteiger partial charge < -0.3 is 0 Å². The van der Waals surface area contributed by atoms with Gasteiger partial charge in [-0.05, 0) is 18.2 Å². The van der Waals surface area contributed by atoms with E-state index in [-0.39, 0.29) is 11.6 Å². The van der Waals surface area contributed by atoms with Gasteiger partial charge in [0.2, 0.25) is 5.91 Å². The number of amides is 1. The number of nitrogens with one attached hydrogen (secondary N) is 1. The van der Waals surface area contributed by atoms with Gasteiger partial charge in [-0.3, -0.25) is 14.9 Å². The van der Waals surface area contributed by atoms with Crippen LogP contribution in [0.4, 0.5) is 5.69 Å². The summed E-state index contributed by atoms with van der Waals surface area (Å²) in [5, 5.41) is 14.3. The summed E-state index contributed by atoms with van der Waals surface area (Å²) in [6.45, 7) is 1.34. The molecular weight excluding hydrogens is 222 g/mol. The van der Waals surface area contributed by atoms with Gasteiger partial charge in [-0.2, -0.15) is 5.10 Å². The summed E-state index contributed by atoms with van der Waals surface area (Å²) in [5.74, 6) is -0.277. The van der Waals surface area contributed by atoms with Crippen molar-refractivity contribution in [2.24, 2.45) is 5.10 Å². The molecular formula is C11H11N3O3. The topological polar surface area (TPSA) is 84.6 Å². The van der Waals surface area contributed by atoms with Crippen LogP contribution < -0.4 is 5.43 Å². The Morgan fingerprint density at radius 1 is 1.47 bits per heavy atom. The third-order valence-corrected chi connectivity index (χ3v) is 1.79. The minimum Gasteiger partial charge on any atom is -0.274 e. The highest BCUT2D eigenvalue weighted by Crippen LogP contribution is 2.18. The summed E-state index contributed by atoms with van der Waals surface area (Å²) in [6, 6.07) is 6.35. The highest BCUT2D eigenvalue weighted by Gasteiger charge is 2.08. The average molecular weight is 233 g/mol. The molecule has 6 nitrogen and oxygen atoms in total. The molecule has 1 aromatic carbocycles. The van der Waals surface area contributed by atoms with Crippen LogP contribution >= 0.6 is 0 Å². The number of nitro benzene ring substituents is 1. The fourth-order valence-corrected chi connectivity index (χ4v) is 1.11. The molecule has 6 heteroatoms. The van der Waals surface area contributed by atoms with Gasteiger partial charge in [0.15, 0.2) is 0 Å². The number of benzene rings is 1. The summed E-state index contributed by atoms with van der Waals surface area (Å²) < 4.78 is 0. The molecule has 0 fully saturated rings. The molecule has 88 valence electrons. The predicted octanol–water partition coefficient (Wildman–Crippen LogP) is 1.73. The maximum absolute atomic E-state index is 10.7. The molecule has 0 unspecified atom stereocenters. The minimum absolute atomic E-state index is 0.0247. The maximum Gasteiger partial charge on any atom is 0.276 e. The van der Waals surface area contributed by atoms with E-state index in [0.717, 1.165) is 0 Å². The van der Waals surface area contributed by atoms with Gasteiger partial charge in [-0.25, -0.2) is 5.43 Å². The number of hydrazone groups is 1. The number of rotatable bonds is 4. The fourth-order valence-electron chi connectivity index (χ4n) is 1.11. The third-order valence-electron chi connectivity index (χ3n) is 1.79. The van der Waals surface area contributed by atoms with Gasteiger partial charge in [-0.15, -0.1) is 0 Å². The molecule has 0 aliphatic rings. The summed E-state index contributed by atoms with van der Waals surface area (Å²) in [4.78, 5) is 20.7. The van der Waals surface area contributed by atoms with Crippen molar-refractivity contribution in [2.75, 3.05) is 0 Å². The summed E-state index contributed by atoms with van der Waals surface area (Å²) in [7, 11) is 0. The number of carbonyl (C=O) groups is 1. The number of nitrogens with zero attached hydrogens (tertiary/aromatic N) is 2. The second-order valence-electron chi connectivity index (χ2n) is 3.12. The molecule has 0 aliphatic carbocycles. The van der Waals surface area contributed by atoms with E-state index in [1.807, 2.05) is 0 Å². The van der Waals surface area contributed by atoms with Crippen LogP contribution in [0.25, 0.3) is 6.08 Å². The van der Waals surface area contributed by atoms with Crippen LogP contribution in [0.1, 0.15) is 12.5 Å². The lowest BCUT2D eigenvalue weighted by atomic mass is 10.2. The zero-order chi connectivity index (χ0) is 12.7. The standard InChI is InChI=1S/C11H11N3O3/c1-9(15)13-12-8-4-6-10-5-2-3-7-11(10)14(16)17/h2-8H,1H3,(H,13,15)/b6-4+,12-8+. The first-order valence-corrected chi connectivity index (χ1v) is 4.81. The minimum atomic E-state index is -0.454. The Morgan fingerprint density at radius 2 is 2.18 bits per heavy atom. The lowest BCUT2D eigenvalue weighted by Gasteiger charge is -1.95. The van der Waals surface area contributed by atoms with E-state index in [2.05, 4.69) is 10.5 Å². The molecule has 0 radical (unpaired) electrons. The first kappa shape index (κ1) is 12.6. The van der Waals surface area contributed by atoms with Crippen LogP contribution in [0.15, 0.2) is 35.4 Å². The summed E-state index contributed by atoms with van der Waals surface area (Å²) in [6.07, 6.45) is 4.40. The van der Waals surface area contributed by atoms with Crippen molar-refractivity contribution >= 4 is 23.9 Å². The normalized spacial score (nSPS) is 10.9. The number of allylic oxidation sites excluding steroid dienone is 1. The molecule has 1 amide bonds. The molecule has 0 atom stereocenters. The van der Waals surface area contributed by atoms with Crippen molar-refractivity contribution in [1.29, 1.82) is 0 Å². The van der Waals surface area contributed by atoms with Crippen molar-refractivity contribution in [3.63, 3.8) is 0 Å². The van der Waals surface area contributed by atoms with Crippen LogP contribution in [0.2, 0.25) is 0 Å². The molecule has 0 aromatic heterocycles. The van der Waals surface area contributed by atoms with Gasteiger partial charge in [0.05, 0.1) is 10.5 Å². The number of hydrogen-bond donors (Lipinski definition) is 1. The molecule has 1 N–H and O–H groups in total. The zero-order valence-corrected chi connectivity index (χ0v) is 9.16. The SMILES string of the molecule is CC(=O)N/N=C/C=C/c1ccccc1[N+](=O)[O-]. The molecule has 0 aliphatic heterocycles. The molecule has 0 heterocycles. The number of nitro groups is 1. The summed E-state index contributed by atoms with van der Waals surface area (Å²) >= 11 is 0. The molecule has 0 saturated heterocycles. The van der Waals surface area contributed by atoms with E-state index in [4.69, 9.17) is 0 Å². The number of carbonyl (C=O) groups excluding carboxylic acids is 1. The van der Waals surface area contributed by atoms with E-state index in [1.165, 1.54) is 25.3 Å². The highest BCUT2D eigenvalue weighted by molar-refractivity contribution is 5.81. The third kappa shape index (κ3) is 4.25. The van der Waals surface area contributed by atoms with E-state index >= 15 is 0 Å². The van der Waals surface area contributed by atoms with Crippen molar-refractivity contribution in [1.82, 2.24) is 5.43 Å². The molecule has 0 saturated carbocycles. The Balaban J connectivity index is 2.74. The Kier molecular flexibility index (Phi) is 4.56. The Bertz CT molecular complexity index is 481. The van der Waals surface area contributed by atoms with Crippen LogP contribution in [0.3, 0.4) is 0 Å². The first-order chi connectivity index (χ1) is 8.11. The number of para-hydroxylation sites is 1. The van der Waals surface area contributed by atoms with Gasteiger partial charge in [0, 0.05) is 19.2 Å². The fraction of sp³-hybridized carbons (Fsp3) is 0.0909. The molecule has 1 rings (SSSR count). The maximum atomic E-state index is 10.7. The molecule has 17 heavy (non-hydrogen) atoms. The Morgan fingerprint density at radius 3 is 2.82 bits per heavy atom. The van der Waals surface area contributed by atoms with Crippen molar-refractivity contribution in [2.45, 2.75) is 6.92 Å². The molecule has 1 aromatic rings.